The molecule has 0 spiro atoms. The molecule has 1 aromatic carbocycles. The van der Waals surface area contributed by atoms with Gasteiger partial charge in [-0.2, -0.15) is 0 Å². The molecule has 15 heavy (non-hydrogen) atoms. The summed E-state index contributed by atoms with van der Waals surface area (Å²) in [6.45, 7) is 4.28. The summed E-state index contributed by atoms with van der Waals surface area (Å²) in [6.07, 6.45) is 0.713. The van der Waals surface area contributed by atoms with Crippen molar-refractivity contribution in [2.24, 2.45) is 0 Å². The van der Waals surface area contributed by atoms with Crippen molar-refractivity contribution >= 4 is 33.2 Å². The van der Waals surface area contributed by atoms with Gasteiger partial charge in [0.1, 0.15) is 0 Å². The Morgan fingerprint density at radius 3 is 2.73 bits per heavy atom. The fourth-order valence-corrected chi connectivity index (χ4v) is 1.45. The minimum atomic E-state index is -0.681. The van der Waals surface area contributed by atoms with Crippen LogP contribution in [-0.4, -0.2) is 17.3 Å². The smallest absolute Gasteiger partial charge is 0.0788 e. The van der Waals surface area contributed by atoms with Crippen molar-refractivity contribution in [2.45, 2.75) is 25.9 Å². The van der Waals surface area contributed by atoms with Crippen LogP contribution in [0.15, 0.2) is 22.7 Å². The van der Waals surface area contributed by atoms with E-state index < -0.39 is 5.60 Å². The van der Waals surface area contributed by atoms with Crippen LogP contribution in [0.3, 0.4) is 0 Å². The van der Waals surface area contributed by atoms with Gasteiger partial charge < -0.3 is 10.4 Å². The lowest BCUT2D eigenvalue weighted by atomic mass is 10.0. The summed E-state index contributed by atoms with van der Waals surface area (Å²) in [4.78, 5) is 0. The average Bonchev–Trinajstić information content (AvgIpc) is 2.20. The number of halogens is 2. The highest BCUT2D eigenvalue weighted by Gasteiger charge is 2.16. The van der Waals surface area contributed by atoms with E-state index in [1.54, 1.807) is 6.92 Å². The summed E-state index contributed by atoms with van der Waals surface area (Å²) in [5.74, 6) is 0. The minimum Gasteiger partial charge on any atom is -0.388 e. The zero-order valence-corrected chi connectivity index (χ0v) is 11.2. The van der Waals surface area contributed by atoms with Gasteiger partial charge in [-0.15, -0.1) is 0 Å². The van der Waals surface area contributed by atoms with Crippen LogP contribution in [-0.2, 0) is 0 Å². The van der Waals surface area contributed by atoms with Crippen molar-refractivity contribution in [3.63, 3.8) is 0 Å². The van der Waals surface area contributed by atoms with Gasteiger partial charge >= 0.3 is 0 Å². The Kier molecular flexibility index (Phi) is 4.44. The quantitative estimate of drug-likeness (QED) is 0.887. The van der Waals surface area contributed by atoms with Crippen molar-refractivity contribution in [1.82, 2.24) is 0 Å². The Labute approximate surface area is 104 Å². The van der Waals surface area contributed by atoms with Crippen LogP contribution in [0.5, 0.6) is 0 Å². The first-order valence-corrected chi connectivity index (χ1v) is 6.03. The van der Waals surface area contributed by atoms with E-state index in [2.05, 4.69) is 21.2 Å². The summed E-state index contributed by atoms with van der Waals surface area (Å²) in [6, 6.07) is 5.63. The monoisotopic (exact) mass is 291 g/mol. The molecular weight excluding hydrogens is 277 g/mol. The van der Waals surface area contributed by atoms with E-state index in [0.29, 0.717) is 18.0 Å². The number of hydrogen-bond acceptors (Lipinski definition) is 2. The summed E-state index contributed by atoms with van der Waals surface area (Å²) in [5, 5.41) is 13.6. The molecule has 0 radical (unpaired) electrons. The van der Waals surface area contributed by atoms with E-state index in [-0.39, 0.29) is 0 Å². The van der Waals surface area contributed by atoms with E-state index in [0.717, 1.165) is 10.2 Å². The third-order valence-electron chi connectivity index (χ3n) is 2.35. The lowest BCUT2D eigenvalue weighted by Crippen LogP contribution is -2.32. The molecule has 0 aliphatic rings. The molecule has 1 unspecified atom stereocenters. The molecule has 0 amide bonds. The summed E-state index contributed by atoms with van der Waals surface area (Å²) >= 11 is 9.27. The molecule has 84 valence electrons. The Bertz CT molecular complexity index is 341. The number of benzene rings is 1. The maximum atomic E-state index is 9.80. The molecule has 0 saturated carbocycles. The SMILES string of the molecule is CCC(C)(O)CNc1ccc(Br)c(Cl)c1. The fourth-order valence-electron chi connectivity index (χ4n) is 1.02. The third-order valence-corrected chi connectivity index (χ3v) is 3.59. The van der Waals surface area contributed by atoms with Gasteiger partial charge in [0.2, 0.25) is 0 Å². The van der Waals surface area contributed by atoms with Gasteiger partial charge in [-0.25, -0.2) is 0 Å². The van der Waals surface area contributed by atoms with Crippen molar-refractivity contribution in [2.75, 3.05) is 11.9 Å². The molecule has 1 aromatic rings. The third kappa shape index (κ3) is 4.01. The van der Waals surface area contributed by atoms with Gasteiger partial charge in [0.25, 0.3) is 0 Å². The topological polar surface area (TPSA) is 32.3 Å². The van der Waals surface area contributed by atoms with Crippen LogP contribution in [0.4, 0.5) is 5.69 Å². The van der Waals surface area contributed by atoms with Crippen molar-refractivity contribution in [3.8, 4) is 0 Å². The molecule has 2 N–H and O–H groups in total. The van der Waals surface area contributed by atoms with E-state index in [9.17, 15) is 5.11 Å². The molecule has 1 atom stereocenters. The van der Waals surface area contributed by atoms with E-state index in [1.807, 2.05) is 25.1 Å². The number of hydrogen-bond donors (Lipinski definition) is 2. The lowest BCUT2D eigenvalue weighted by Gasteiger charge is -2.22. The van der Waals surface area contributed by atoms with Crippen LogP contribution < -0.4 is 5.32 Å². The van der Waals surface area contributed by atoms with Gasteiger partial charge in [0.15, 0.2) is 0 Å². The standard InChI is InChI=1S/C11H15BrClNO/c1-3-11(2,15)7-14-8-4-5-9(12)10(13)6-8/h4-6,14-15H,3,7H2,1-2H3. The van der Waals surface area contributed by atoms with Crippen LogP contribution >= 0.6 is 27.5 Å². The van der Waals surface area contributed by atoms with Gasteiger partial charge in [-0.3, -0.25) is 0 Å². The lowest BCUT2D eigenvalue weighted by molar-refractivity contribution is 0.0697. The molecule has 0 aliphatic carbocycles. The molecule has 0 aromatic heterocycles. The highest BCUT2D eigenvalue weighted by molar-refractivity contribution is 9.10. The molecule has 0 fully saturated rings. The van der Waals surface area contributed by atoms with Crippen molar-refractivity contribution < 1.29 is 5.11 Å². The highest BCUT2D eigenvalue weighted by Crippen LogP contribution is 2.25. The van der Waals surface area contributed by atoms with Gasteiger partial charge in [0.05, 0.1) is 10.6 Å². The fraction of sp³-hybridized carbons (Fsp3) is 0.455. The second-order valence-corrected chi connectivity index (χ2v) is 5.09. The summed E-state index contributed by atoms with van der Waals surface area (Å²) in [5.41, 5.74) is 0.233. The number of rotatable bonds is 4. The van der Waals surface area contributed by atoms with Crippen molar-refractivity contribution in [3.05, 3.63) is 27.7 Å². The van der Waals surface area contributed by atoms with Crippen LogP contribution in [0.2, 0.25) is 5.02 Å². The first-order chi connectivity index (χ1) is 6.94. The average molecular weight is 293 g/mol. The predicted octanol–water partition coefficient (Wildman–Crippen LogP) is 3.68. The molecule has 0 aliphatic heterocycles. The Morgan fingerprint density at radius 1 is 1.53 bits per heavy atom. The maximum absolute atomic E-state index is 9.80. The Hall–Kier alpha value is -0.250. The molecule has 2 nitrogen and oxygen atoms in total. The van der Waals surface area contributed by atoms with Crippen LogP contribution in [0.25, 0.3) is 0 Å². The number of aliphatic hydroxyl groups is 1. The van der Waals surface area contributed by atoms with Gasteiger partial charge in [-0.05, 0) is 47.5 Å². The van der Waals surface area contributed by atoms with E-state index in [1.165, 1.54) is 0 Å². The van der Waals surface area contributed by atoms with Crippen LogP contribution in [0, 0.1) is 0 Å². The second-order valence-electron chi connectivity index (χ2n) is 3.83. The largest absolute Gasteiger partial charge is 0.388 e. The normalized spacial score (nSPS) is 14.7. The summed E-state index contributed by atoms with van der Waals surface area (Å²) < 4.78 is 0.872. The number of nitrogens with one attached hydrogen (secondary N) is 1. The minimum absolute atomic E-state index is 0.515. The van der Waals surface area contributed by atoms with Crippen molar-refractivity contribution in [1.29, 1.82) is 0 Å². The molecule has 0 saturated heterocycles. The van der Waals surface area contributed by atoms with Gasteiger partial charge in [-0.1, -0.05) is 18.5 Å². The molecule has 0 heterocycles. The summed E-state index contributed by atoms with van der Waals surface area (Å²) in [7, 11) is 0. The maximum Gasteiger partial charge on any atom is 0.0788 e. The number of anilines is 1. The zero-order chi connectivity index (χ0) is 11.5. The predicted molar refractivity (Wildman–Crippen MR) is 68.6 cm³/mol. The molecule has 1 rings (SSSR count). The Balaban J connectivity index is 2.62. The van der Waals surface area contributed by atoms with E-state index in [4.69, 9.17) is 11.6 Å². The van der Waals surface area contributed by atoms with Crippen LogP contribution in [0.1, 0.15) is 20.3 Å². The van der Waals surface area contributed by atoms with Gasteiger partial charge in [0, 0.05) is 16.7 Å². The molecule has 0 bridgehead atoms. The first-order valence-electron chi connectivity index (χ1n) is 4.86. The zero-order valence-electron chi connectivity index (χ0n) is 8.85. The first kappa shape index (κ1) is 12.8. The molecule has 4 heteroatoms. The van der Waals surface area contributed by atoms with E-state index >= 15 is 0 Å². The second kappa shape index (κ2) is 5.19. The highest BCUT2D eigenvalue weighted by atomic mass is 79.9. The molecular formula is C11H15BrClNO. The Morgan fingerprint density at radius 2 is 2.20 bits per heavy atom.